The highest BCUT2D eigenvalue weighted by Crippen LogP contribution is 2.08. The van der Waals surface area contributed by atoms with Gasteiger partial charge in [0.1, 0.15) is 5.92 Å². The molecule has 0 fully saturated rings. The molecule has 0 aliphatic carbocycles. The van der Waals surface area contributed by atoms with Crippen molar-refractivity contribution in [3.63, 3.8) is 0 Å². The van der Waals surface area contributed by atoms with Gasteiger partial charge in [0.2, 0.25) is 0 Å². The van der Waals surface area contributed by atoms with Gasteiger partial charge in [-0.25, -0.2) is 0 Å². The molecule has 0 amide bonds. The lowest BCUT2D eigenvalue weighted by Gasteiger charge is -2.06. The van der Waals surface area contributed by atoms with E-state index in [1.54, 1.807) is 6.92 Å². The Morgan fingerprint density at radius 2 is 2.31 bits per heavy atom. The van der Waals surface area contributed by atoms with Crippen molar-refractivity contribution in [2.45, 2.75) is 26.2 Å². The molecule has 0 heterocycles. The van der Waals surface area contributed by atoms with Crippen molar-refractivity contribution < 1.29 is 9.53 Å². The number of rotatable bonds is 6. The molecule has 2 N–H and O–H groups in total. The van der Waals surface area contributed by atoms with E-state index in [0.717, 1.165) is 12.8 Å². The topological polar surface area (TPSA) is 76.1 Å². The fraction of sp³-hybridized carbons (Fsp3) is 0.778. The van der Waals surface area contributed by atoms with E-state index in [1.807, 2.05) is 6.07 Å². The molecule has 0 aliphatic rings. The molecular weight excluding hydrogens is 168 g/mol. The van der Waals surface area contributed by atoms with Crippen LogP contribution in [-0.2, 0) is 9.53 Å². The molecule has 0 aromatic rings. The van der Waals surface area contributed by atoms with E-state index in [4.69, 9.17) is 15.7 Å². The second kappa shape index (κ2) is 7.56. The summed E-state index contributed by atoms with van der Waals surface area (Å²) in [4.78, 5) is 11.1. The van der Waals surface area contributed by atoms with E-state index in [9.17, 15) is 4.79 Å². The molecule has 0 saturated carbocycles. The van der Waals surface area contributed by atoms with Crippen LogP contribution >= 0.6 is 0 Å². The Labute approximate surface area is 78.7 Å². The van der Waals surface area contributed by atoms with Gasteiger partial charge in [-0.05, 0) is 26.3 Å². The number of nitrogens with zero attached hydrogens (tertiary/aromatic N) is 1. The average molecular weight is 184 g/mol. The summed E-state index contributed by atoms with van der Waals surface area (Å²) in [7, 11) is 0. The Bertz CT molecular complexity index is 187. The summed E-state index contributed by atoms with van der Waals surface area (Å²) in [5, 5.41) is 8.64. The lowest BCUT2D eigenvalue weighted by molar-refractivity contribution is -0.146. The highest BCUT2D eigenvalue weighted by atomic mass is 16.5. The first kappa shape index (κ1) is 11.9. The smallest absolute Gasteiger partial charge is 0.323 e. The van der Waals surface area contributed by atoms with Crippen molar-refractivity contribution in [2.24, 2.45) is 11.7 Å². The molecule has 0 aromatic heterocycles. The molecule has 0 rings (SSSR count). The van der Waals surface area contributed by atoms with Crippen LogP contribution in [-0.4, -0.2) is 19.1 Å². The maximum absolute atomic E-state index is 11.1. The number of hydrogen-bond donors (Lipinski definition) is 1. The third-order valence-corrected chi connectivity index (χ3v) is 1.67. The van der Waals surface area contributed by atoms with Crippen molar-refractivity contribution in [3.8, 4) is 6.07 Å². The minimum absolute atomic E-state index is 0.327. The lowest BCUT2D eigenvalue weighted by atomic mass is 10.0. The quantitative estimate of drug-likeness (QED) is 0.489. The van der Waals surface area contributed by atoms with Gasteiger partial charge in [-0.2, -0.15) is 5.26 Å². The highest BCUT2D eigenvalue weighted by Gasteiger charge is 2.17. The van der Waals surface area contributed by atoms with Crippen LogP contribution in [0.25, 0.3) is 0 Å². The molecule has 0 aromatic carbocycles. The Balaban J connectivity index is 3.76. The zero-order valence-electron chi connectivity index (χ0n) is 7.95. The van der Waals surface area contributed by atoms with Crippen molar-refractivity contribution in [1.29, 1.82) is 5.26 Å². The van der Waals surface area contributed by atoms with E-state index in [2.05, 4.69) is 0 Å². The second-order valence-electron chi connectivity index (χ2n) is 2.72. The molecule has 1 unspecified atom stereocenters. The van der Waals surface area contributed by atoms with Crippen LogP contribution in [0.2, 0.25) is 0 Å². The van der Waals surface area contributed by atoms with Crippen LogP contribution in [0.4, 0.5) is 0 Å². The van der Waals surface area contributed by atoms with Crippen molar-refractivity contribution in [1.82, 2.24) is 0 Å². The van der Waals surface area contributed by atoms with Gasteiger partial charge in [-0.1, -0.05) is 6.42 Å². The molecule has 0 aliphatic heterocycles. The van der Waals surface area contributed by atoms with E-state index in [0.29, 0.717) is 19.6 Å². The molecule has 0 spiro atoms. The Kier molecular flexibility index (Phi) is 6.93. The summed E-state index contributed by atoms with van der Waals surface area (Å²) in [6, 6.07) is 1.93. The van der Waals surface area contributed by atoms with Gasteiger partial charge >= 0.3 is 5.97 Å². The summed E-state index contributed by atoms with van der Waals surface area (Å²) in [6.45, 7) is 2.65. The van der Waals surface area contributed by atoms with Gasteiger partial charge in [0.05, 0.1) is 12.7 Å². The number of nitrogens with two attached hydrogens (primary N) is 1. The van der Waals surface area contributed by atoms with Gasteiger partial charge in [0.25, 0.3) is 0 Å². The van der Waals surface area contributed by atoms with Crippen LogP contribution in [0.3, 0.4) is 0 Å². The summed E-state index contributed by atoms with van der Waals surface area (Å²) in [5.74, 6) is -1.03. The summed E-state index contributed by atoms with van der Waals surface area (Å²) >= 11 is 0. The van der Waals surface area contributed by atoms with Gasteiger partial charge in [0, 0.05) is 0 Å². The summed E-state index contributed by atoms with van der Waals surface area (Å²) < 4.78 is 4.73. The SMILES string of the molecule is CCOC(=O)C(C#N)CCCCN. The summed E-state index contributed by atoms with van der Waals surface area (Å²) in [5.41, 5.74) is 5.29. The number of carbonyl (C=O) groups is 1. The first-order chi connectivity index (χ1) is 6.26. The van der Waals surface area contributed by atoms with Crippen LogP contribution in [0.5, 0.6) is 0 Å². The third-order valence-electron chi connectivity index (χ3n) is 1.67. The third kappa shape index (κ3) is 5.21. The average Bonchev–Trinajstić information content (AvgIpc) is 2.13. The molecule has 4 heteroatoms. The monoisotopic (exact) mass is 184 g/mol. The Hall–Kier alpha value is -1.08. The first-order valence-corrected chi connectivity index (χ1v) is 4.52. The van der Waals surface area contributed by atoms with Crippen molar-refractivity contribution >= 4 is 5.97 Å². The zero-order chi connectivity index (χ0) is 10.1. The normalized spacial score (nSPS) is 11.8. The predicted molar refractivity (Wildman–Crippen MR) is 48.6 cm³/mol. The van der Waals surface area contributed by atoms with E-state index in [1.165, 1.54) is 0 Å². The Morgan fingerprint density at radius 3 is 2.77 bits per heavy atom. The minimum Gasteiger partial charge on any atom is -0.465 e. The van der Waals surface area contributed by atoms with E-state index < -0.39 is 11.9 Å². The standard InChI is InChI=1S/C9H16N2O2/c1-2-13-9(12)8(7-11)5-3-4-6-10/h8H,2-6,10H2,1H3. The van der Waals surface area contributed by atoms with Gasteiger partial charge in [-0.15, -0.1) is 0 Å². The number of esters is 1. The number of nitriles is 1. The van der Waals surface area contributed by atoms with Crippen LogP contribution in [0.1, 0.15) is 26.2 Å². The molecule has 0 radical (unpaired) electrons. The second-order valence-corrected chi connectivity index (χ2v) is 2.72. The highest BCUT2D eigenvalue weighted by molar-refractivity contribution is 5.75. The maximum atomic E-state index is 11.1. The molecule has 0 saturated heterocycles. The molecule has 4 nitrogen and oxygen atoms in total. The fourth-order valence-corrected chi connectivity index (χ4v) is 0.971. The maximum Gasteiger partial charge on any atom is 0.323 e. The Morgan fingerprint density at radius 1 is 1.62 bits per heavy atom. The van der Waals surface area contributed by atoms with Gasteiger partial charge in [0.15, 0.2) is 0 Å². The van der Waals surface area contributed by atoms with Crippen LogP contribution in [0, 0.1) is 17.2 Å². The van der Waals surface area contributed by atoms with E-state index >= 15 is 0 Å². The predicted octanol–water partition coefficient (Wildman–Crippen LogP) is 0.818. The van der Waals surface area contributed by atoms with Crippen LogP contribution in [0.15, 0.2) is 0 Å². The first-order valence-electron chi connectivity index (χ1n) is 4.52. The molecule has 1 atom stereocenters. The van der Waals surface area contributed by atoms with Crippen LogP contribution < -0.4 is 5.73 Å². The molecule has 0 bridgehead atoms. The van der Waals surface area contributed by atoms with Gasteiger partial charge in [-0.3, -0.25) is 4.79 Å². The largest absolute Gasteiger partial charge is 0.465 e. The van der Waals surface area contributed by atoms with Crippen molar-refractivity contribution in [3.05, 3.63) is 0 Å². The number of carbonyl (C=O) groups excluding carboxylic acids is 1. The molecule has 13 heavy (non-hydrogen) atoms. The zero-order valence-corrected chi connectivity index (χ0v) is 7.95. The lowest BCUT2D eigenvalue weighted by Crippen LogP contribution is -2.16. The molecular formula is C9H16N2O2. The number of hydrogen-bond acceptors (Lipinski definition) is 4. The minimum atomic E-state index is -0.619. The van der Waals surface area contributed by atoms with Gasteiger partial charge < -0.3 is 10.5 Å². The fourth-order valence-electron chi connectivity index (χ4n) is 0.971. The van der Waals surface area contributed by atoms with E-state index in [-0.39, 0.29) is 0 Å². The molecule has 74 valence electrons. The number of ether oxygens (including phenoxy) is 1. The van der Waals surface area contributed by atoms with Crippen molar-refractivity contribution in [2.75, 3.05) is 13.2 Å². The number of unbranched alkanes of at least 4 members (excludes halogenated alkanes) is 1. The summed E-state index contributed by atoms with van der Waals surface area (Å²) in [6.07, 6.45) is 2.19.